The molecule has 1 aromatic carbocycles. The summed E-state index contributed by atoms with van der Waals surface area (Å²) in [6, 6.07) is 3.68. The largest absolute Gasteiger partial charge is 0.330 e. The van der Waals surface area contributed by atoms with Gasteiger partial charge in [-0.3, -0.25) is 0 Å². The van der Waals surface area contributed by atoms with Crippen LogP contribution in [0.25, 0.3) is 0 Å². The highest BCUT2D eigenvalue weighted by atomic mass is 35.5. The molecule has 0 aromatic heterocycles. The molecule has 0 amide bonds. The van der Waals surface area contributed by atoms with E-state index in [2.05, 4.69) is 6.92 Å². The standard InChI is InChI=1S/C14H19ClFN/c1-2-10-7-11(13(16)12(15)8-10)14(9-17)5-3-4-6-14/h7-8H,2-6,9,17H2,1H3. The van der Waals surface area contributed by atoms with Crippen LogP contribution in [0, 0.1) is 5.82 Å². The average Bonchev–Trinajstić information content (AvgIpc) is 2.82. The first-order valence-electron chi connectivity index (χ1n) is 6.31. The van der Waals surface area contributed by atoms with Crippen LogP contribution in [0.4, 0.5) is 4.39 Å². The van der Waals surface area contributed by atoms with Crippen molar-refractivity contribution in [2.24, 2.45) is 5.73 Å². The summed E-state index contributed by atoms with van der Waals surface area (Å²) in [6.45, 7) is 2.56. The molecule has 1 saturated carbocycles. The van der Waals surface area contributed by atoms with E-state index in [1.807, 2.05) is 6.07 Å². The molecule has 2 N–H and O–H groups in total. The van der Waals surface area contributed by atoms with Crippen molar-refractivity contribution < 1.29 is 4.39 Å². The molecule has 0 radical (unpaired) electrons. The quantitative estimate of drug-likeness (QED) is 0.873. The summed E-state index contributed by atoms with van der Waals surface area (Å²) in [6.07, 6.45) is 5.08. The average molecular weight is 256 g/mol. The third-order valence-corrected chi connectivity index (χ3v) is 4.29. The molecule has 0 atom stereocenters. The van der Waals surface area contributed by atoms with Crippen molar-refractivity contribution in [1.29, 1.82) is 0 Å². The fourth-order valence-corrected chi connectivity index (χ4v) is 3.11. The Bertz CT molecular complexity index is 411. The maximum Gasteiger partial charge on any atom is 0.145 e. The zero-order chi connectivity index (χ0) is 12.5. The van der Waals surface area contributed by atoms with Crippen molar-refractivity contribution in [2.75, 3.05) is 6.54 Å². The minimum absolute atomic E-state index is 0.182. The number of nitrogens with two attached hydrogens (primary N) is 1. The third-order valence-electron chi connectivity index (χ3n) is 4.02. The second-order valence-electron chi connectivity index (χ2n) is 4.98. The van der Waals surface area contributed by atoms with Gasteiger partial charge in [-0.25, -0.2) is 4.39 Å². The van der Waals surface area contributed by atoms with E-state index in [9.17, 15) is 4.39 Å². The van der Waals surface area contributed by atoms with Gasteiger partial charge >= 0.3 is 0 Å². The van der Waals surface area contributed by atoms with E-state index in [1.54, 1.807) is 6.07 Å². The molecule has 0 saturated heterocycles. The maximum absolute atomic E-state index is 14.2. The maximum atomic E-state index is 14.2. The Labute approximate surface area is 107 Å². The van der Waals surface area contributed by atoms with E-state index >= 15 is 0 Å². The third kappa shape index (κ3) is 2.21. The van der Waals surface area contributed by atoms with Crippen LogP contribution in [0.5, 0.6) is 0 Å². The molecule has 1 aliphatic rings. The smallest absolute Gasteiger partial charge is 0.145 e. The SMILES string of the molecule is CCc1cc(Cl)c(F)c(C2(CN)CCCC2)c1. The van der Waals surface area contributed by atoms with Gasteiger partial charge in [-0.15, -0.1) is 0 Å². The van der Waals surface area contributed by atoms with Gasteiger partial charge in [0, 0.05) is 12.0 Å². The van der Waals surface area contributed by atoms with E-state index < -0.39 is 0 Å². The number of aryl methyl sites for hydroxylation is 1. The molecule has 1 fully saturated rings. The molecule has 2 rings (SSSR count). The lowest BCUT2D eigenvalue weighted by Gasteiger charge is -2.29. The summed E-state index contributed by atoms with van der Waals surface area (Å²) in [4.78, 5) is 0. The monoisotopic (exact) mass is 255 g/mol. The van der Waals surface area contributed by atoms with Gasteiger partial charge < -0.3 is 5.73 Å². The van der Waals surface area contributed by atoms with Gasteiger partial charge in [0.15, 0.2) is 0 Å². The van der Waals surface area contributed by atoms with Crippen LogP contribution in [0.2, 0.25) is 5.02 Å². The van der Waals surface area contributed by atoms with Crippen molar-refractivity contribution in [2.45, 2.75) is 44.4 Å². The first-order valence-corrected chi connectivity index (χ1v) is 6.69. The highest BCUT2D eigenvalue weighted by molar-refractivity contribution is 6.30. The van der Waals surface area contributed by atoms with Crippen molar-refractivity contribution in [1.82, 2.24) is 0 Å². The molecular formula is C14H19ClFN. The molecular weight excluding hydrogens is 237 g/mol. The number of hydrogen-bond donors (Lipinski definition) is 1. The fraction of sp³-hybridized carbons (Fsp3) is 0.571. The van der Waals surface area contributed by atoms with Gasteiger partial charge in [0.05, 0.1) is 5.02 Å². The molecule has 0 aliphatic heterocycles. The first kappa shape index (κ1) is 12.8. The van der Waals surface area contributed by atoms with Gasteiger partial charge in [-0.05, 0) is 36.5 Å². The lowest BCUT2D eigenvalue weighted by Crippen LogP contribution is -2.33. The van der Waals surface area contributed by atoms with Gasteiger partial charge in [0.1, 0.15) is 5.82 Å². The fourth-order valence-electron chi connectivity index (χ4n) is 2.87. The van der Waals surface area contributed by atoms with Gasteiger partial charge in [-0.2, -0.15) is 0 Å². The Morgan fingerprint density at radius 2 is 2.00 bits per heavy atom. The van der Waals surface area contributed by atoms with Crippen LogP contribution < -0.4 is 5.73 Å². The van der Waals surface area contributed by atoms with E-state index in [0.29, 0.717) is 6.54 Å². The van der Waals surface area contributed by atoms with Crippen LogP contribution in [-0.2, 0) is 11.8 Å². The van der Waals surface area contributed by atoms with Crippen molar-refractivity contribution in [3.05, 3.63) is 34.1 Å². The summed E-state index contributed by atoms with van der Waals surface area (Å²) >= 11 is 5.98. The molecule has 1 aliphatic carbocycles. The van der Waals surface area contributed by atoms with E-state index in [0.717, 1.165) is 43.2 Å². The first-order chi connectivity index (χ1) is 8.13. The van der Waals surface area contributed by atoms with Gasteiger partial charge in [0.2, 0.25) is 0 Å². The molecule has 1 aromatic rings. The summed E-state index contributed by atoms with van der Waals surface area (Å²) in [7, 11) is 0. The minimum Gasteiger partial charge on any atom is -0.330 e. The zero-order valence-corrected chi connectivity index (χ0v) is 11.0. The van der Waals surface area contributed by atoms with E-state index in [1.165, 1.54) is 0 Å². The summed E-state index contributed by atoms with van der Waals surface area (Å²) in [5.74, 6) is -0.267. The van der Waals surface area contributed by atoms with Crippen molar-refractivity contribution >= 4 is 11.6 Å². The van der Waals surface area contributed by atoms with E-state index in [-0.39, 0.29) is 16.3 Å². The topological polar surface area (TPSA) is 26.0 Å². The molecule has 94 valence electrons. The summed E-state index contributed by atoms with van der Waals surface area (Å²) in [5, 5.41) is 0.235. The Hall–Kier alpha value is -0.600. The Balaban J connectivity index is 2.52. The number of rotatable bonds is 3. The van der Waals surface area contributed by atoms with Crippen molar-refractivity contribution in [3.8, 4) is 0 Å². The van der Waals surface area contributed by atoms with E-state index in [4.69, 9.17) is 17.3 Å². The summed E-state index contributed by atoms with van der Waals surface area (Å²) < 4.78 is 14.2. The van der Waals surface area contributed by atoms with Crippen LogP contribution >= 0.6 is 11.6 Å². The normalized spacial score (nSPS) is 18.6. The molecule has 0 bridgehead atoms. The second kappa shape index (κ2) is 4.95. The highest BCUT2D eigenvalue weighted by Crippen LogP contribution is 2.42. The zero-order valence-electron chi connectivity index (χ0n) is 10.2. The minimum atomic E-state index is -0.267. The van der Waals surface area contributed by atoms with Crippen LogP contribution in [0.1, 0.15) is 43.7 Å². The molecule has 0 unspecified atom stereocenters. The predicted molar refractivity (Wildman–Crippen MR) is 70.0 cm³/mol. The van der Waals surface area contributed by atoms with Gasteiger partial charge in [-0.1, -0.05) is 37.4 Å². The predicted octanol–water partition coefficient (Wildman–Crippen LogP) is 3.81. The molecule has 0 spiro atoms. The second-order valence-corrected chi connectivity index (χ2v) is 5.39. The number of hydrogen-bond acceptors (Lipinski definition) is 1. The lowest BCUT2D eigenvalue weighted by molar-refractivity contribution is 0.426. The Kier molecular flexibility index (Phi) is 3.74. The van der Waals surface area contributed by atoms with Gasteiger partial charge in [0.25, 0.3) is 0 Å². The lowest BCUT2D eigenvalue weighted by atomic mass is 9.78. The van der Waals surface area contributed by atoms with Crippen LogP contribution in [-0.4, -0.2) is 6.54 Å². The molecule has 3 heteroatoms. The Morgan fingerprint density at radius 3 is 2.53 bits per heavy atom. The molecule has 0 heterocycles. The summed E-state index contributed by atoms with van der Waals surface area (Å²) in [5.41, 5.74) is 7.55. The number of benzene rings is 1. The molecule has 17 heavy (non-hydrogen) atoms. The van der Waals surface area contributed by atoms with Crippen LogP contribution in [0.15, 0.2) is 12.1 Å². The molecule has 1 nitrogen and oxygen atoms in total. The highest BCUT2D eigenvalue weighted by Gasteiger charge is 2.37. The van der Waals surface area contributed by atoms with Crippen LogP contribution in [0.3, 0.4) is 0 Å². The van der Waals surface area contributed by atoms with Crippen molar-refractivity contribution in [3.63, 3.8) is 0 Å². The Morgan fingerprint density at radius 1 is 1.35 bits per heavy atom. The number of halogens is 2.